The molecule has 1 aromatic heterocycles. The van der Waals surface area contributed by atoms with E-state index in [1.54, 1.807) is 11.8 Å². The first-order chi connectivity index (χ1) is 9.29. The highest BCUT2D eigenvalue weighted by Gasteiger charge is 2.10. The predicted molar refractivity (Wildman–Crippen MR) is 77.8 cm³/mol. The molecule has 4 nitrogen and oxygen atoms in total. The highest BCUT2D eigenvalue weighted by atomic mass is 32.2. The number of aryl methyl sites for hydroxylation is 1. The van der Waals surface area contributed by atoms with Gasteiger partial charge in [-0.2, -0.15) is 16.7 Å². The zero-order valence-corrected chi connectivity index (χ0v) is 11.9. The van der Waals surface area contributed by atoms with Crippen molar-refractivity contribution in [1.29, 1.82) is 0 Å². The molecule has 1 unspecified atom stereocenters. The topological polar surface area (TPSA) is 64.9 Å². The second kappa shape index (κ2) is 7.31. The van der Waals surface area contributed by atoms with Gasteiger partial charge >= 0.3 is 0 Å². The minimum atomic E-state index is 0.0153. The average molecular weight is 277 g/mol. The summed E-state index contributed by atoms with van der Waals surface area (Å²) in [6.45, 7) is 2.12. The fourth-order valence-corrected chi connectivity index (χ4v) is 2.29. The highest BCUT2D eigenvalue weighted by Crippen LogP contribution is 2.16. The van der Waals surface area contributed by atoms with Crippen molar-refractivity contribution >= 4 is 11.8 Å². The normalized spacial score (nSPS) is 12.5. The number of aromatic nitrogens is 2. The Labute approximate surface area is 117 Å². The van der Waals surface area contributed by atoms with E-state index in [4.69, 9.17) is 10.3 Å². The Bertz CT molecular complexity index is 486. The van der Waals surface area contributed by atoms with E-state index in [-0.39, 0.29) is 6.04 Å². The SMILES string of the molecule is CCSCc1noc(CCC(N)c2ccccc2)n1. The Balaban J connectivity index is 1.83. The van der Waals surface area contributed by atoms with E-state index in [1.165, 1.54) is 0 Å². The number of hydrogen-bond donors (Lipinski definition) is 1. The third kappa shape index (κ3) is 4.36. The first-order valence-corrected chi connectivity index (χ1v) is 7.64. The molecular weight excluding hydrogens is 258 g/mol. The molecule has 2 aromatic rings. The van der Waals surface area contributed by atoms with Crippen LogP contribution in [0.3, 0.4) is 0 Å². The van der Waals surface area contributed by atoms with Gasteiger partial charge in [-0.05, 0) is 17.7 Å². The monoisotopic (exact) mass is 277 g/mol. The largest absolute Gasteiger partial charge is 0.339 e. The summed E-state index contributed by atoms with van der Waals surface area (Å²) in [5.74, 6) is 3.32. The smallest absolute Gasteiger partial charge is 0.226 e. The number of rotatable bonds is 7. The van der Waals surface area contributed by atoms with Crippen molar-refractivity contribution in [2.45, 2.75) is 31.6 Å². The maximum atomic E-state index is 6.14. The lowest BCUT2D eigenvalue weighted by atomic mass is 10.0. The Kier molecular flexibility index (Phi) is 5.42. The van der Waals surface area contributed by atoms with Gasteiger partial charge in [0.05, 0.1) is 5.75 Å². The van der Waals surface area contributed by atoms with Crippen molar-refractivity contribution in [3.63, 3.8) is 0 Å². The first kappa shape index (κ1) is 14.1. The van der Waals surface area contributed by atoms with E-state index in [0.29, 0.717) is 5.89 Å². The lowest BCUT2D eigenvalue weighted by molar-refractivity contribution is 0.368. The molecule has 102 valence electrons. The van der Waals surface area contributed by atoms with Crippen LogP contribution in [0.1, 0.15) is 36.7 Å². The third-order valence-corrected chi connectivity index (χ3v) is 3.71. The van der Waals surface area contributed by atoms with E-state index in [9.17, 15) is 0 Å². The van der Waals surface area contributed by atoms with Gasteiger partial charge in [-0.3, -0.25) is 0 Å². The number of nitrogens with zero attached hydrogens (tertiary/aromatic N) is 2. The van der Waals surface area contributed by atoms with Crippen LogP contribution in [-0.2, 0) is 12.2 Å². The van der Waals surface area contributed by atoms with Gasteiger partial charge in [0.1, 0.15) is 0 Å². The van der Waals surface area contributed by atoms with Gasteiger partial charge in [-0.25, -0.2) is 0 Å². The molecule has 2 rings (SSSR count). The highest BCUT2D eigenvalue weighted by molar-refractivity contribution is 7.98. The minimum Gasteiger partial charge on any atom is -0.339 e. The molecule has 2 N–H and O–H groups in total. The molecule has 0 amide bonds. The molecule has 0 bridgehead atoms. The molecule has 5 heteroatoms. The quantitative estimate of drug-likeness (QED) is 0.843. The maximum absolute atomic E-state index is 6.14. The molecule has 0 spiro atoms. The van der Waals surface area contributed by atoms with Gasteiger partial charge in [-0.1, -0.05) is 42.4 Å². The van der Waals surface area contributed by atoms with Gasteiger partial charge < -0.3 is 10.3 Å². The van der Waals surface area contributed by atoms with E-state index >= 15 is 0 Å². The Morgan fingerprint density at radius 2 is 2.11 bits per heavy atom. The molecule has 1 heterocycles. The van der Waals surface area contributed by atoms with Crippen LogP contribution < -0.4 is 5.73 Å². The van der Waals surface area contributed by atoms with Crippen molar-refractivity contribution < 1.29 is 4.52 Å². The molecule has 1 atom stereocenters. The fraction of sp³-hybridized carbons (Fsp3) is 0.429. The lowest BCUT2D eigenvalue weighted by Gasteiger charge is -2.09. The van der Waals surface area contributed by atoms with Gasteiger partial charge in [0.15, 0.2) is 5.82 Å². The van der Waals surface area contributed by atoms with Crippen LogP contribution in [0.15, 0.2) is 34.9 Å². The zero-order valence-electron chi connectivity index (χ0n) is 11.1. The number of thioether (sulfide) groups is 1. The van der Waals surface area contributed by atoms with Crippen LogP contribution in [0.2, 0.25) is 0 Å². The molecule has 0 saturated heterocycles. The van der Waals surface area contributed by atoms with E-state index in [0.717, 1.165) is 35.7 Å². The van der Waals surface area contributed by atoms with Crippen LogP contribution in [0.4, 0.5) is 0 Å². The van der Waals surface area contributed by atoms with Gasteiger partial charge in [0.2, 0.25) is 5.89 Å². The number of nitrogens with two attached hydrogens (primary N) is 1. The summed E-state index contributed by atoms with van der Waals surface area (Å²) in [4.78, 5) is 4.36. The zero-order chi connectivity index (χ0) is 13.5. The maximum Gasteiger partial charge on any atom is 0.226 e. The summed E-state index contributed by atoms with van der Waals surface area (Å²) in [6, 6.07) is 10.1. The molecular formula is C14H19N3OS. The molecule has 0 aliphatic carbocycles. The van der Waals surface area contributed by atoms with E-state index in [1.807, 2.05) is 30.3 Å². The number of hydrogen-bond acceptors (Lipinski definition) is 5. The molecule has 0 fully saturated rings. The van der Waals surface area contributed by atoms with Crippen LogP contribution in [-0.4, -0.2) is 15.9 Å². The number of benzene rings is 1. The van der Waals surface area contributed by atoms with Crippen LogP contribution in [0.25, 0.3) is 0 Å². The van der Waals surface area contributed by atoms with Gasteiger partial charge in [-0.15, -0.1) is 0 Å². The van der Waals surface area contributed by atoms with Gasteiger partial charge in [0, 0.05) is 12.5 Å². The van der Waals surface area contributed by atoms with E-state index in [2.05, 4.69) is 17.1 Å². The van der Waals surface area contributed by atoms with Crippen LogP contribution in [0, 0.1) is 0 Å². The predicted octanol–water partition coefficient (Wildman–Crippen LogP) is 2.96. The van der Waals surface area contributed by atoms with Gasteiger partial charge in [0.25, 0.3) is 0 Å². The van der Waals surface area contributed by atoms with Crippen LogP contribution in [0.5, 0.6) is 0 Å². The van der Waals surface area contributed by atoms with Crippen molar-refractivity contribution in [3.05, 3.63) is 47.6 Å². The second-order valence-electron chi connectivity index (χ2n) is 4.30. The lowest BCUT2D eigenvalue weighted by Crippen LogP contribution is -2.11. The molecule has 0 aliphatic rings. The second-order valence-corrected chi connectivity index (χ2v) is 5.57. The fourth-order valence-electron chi connectivity index (χ4n) is 1.79. The van der Waals surface area contributed by atoms with Crippen molar-refractivity contribution in [1.82, 2.24) is 10.1 Å². The molecule has 0 aliphatic heterocycles. The van der Waals surface area contributed by atoms with Crippen molar-refractivity contribution in [3.8, 4) is 0 Å². The molecule has 1 aromatic carbocycles. The first-order valence-electron chi connectivity index (χ1n) is 6.49. The Morgan fingerprint density at radius 1 is 1.32 bits per heavy atom. The van der Waals surface area contributed by atoms with E-state index < -0.39 is 0 Å². The van der Waals surface area contributed by atoms with Crippen LogP contribution >= 0.6 is 11.8 Å². The summed E-state index contributed by atoms with van der Waals surface area (Å²) < 4.78 is 5.22. The summed E-state index contributed by atoms with van der Waals surface area (Å²) >= 11 is 1.79. The molecule has 19 heavy (non-hydrogen) atoms. The average Bonchev–Trinajstić information content (AvgIpc) is 2.91. The summed E-state index contributed by atoms with van der Waals surface area (Å²) in [5.41, 5.74) is 7.28. The Hall–Kier alpha value is -1.33. The summed E-state index contributed by atoms with van der Waals surface area (Å²) in [5, 5.41) is 3.96. The molecule has 0 saturated carbocycles. The minimum absolute atomic E-state index is 0.0153. The third-order valence-electron chi connectivity index (χ3n) is 2.84. The standard InChI is InChI=1S/C14H19N3OS/c1-2-19-10-13-16-14(18-17-13)9-8-12(15)11-6-4-3-5-7-11/h3-7,12H,2,8-10,15H2,1H3. The Morgan fingerprint density at radius 3 is 2.84 bits per heavy atom. The summed E-state index contributed by atoms with van der Waals surface area (Å²) in [6.07, 6.45) is 1.53. The van der Waals surface area contributed by atoms with Crippen molar-refractivity contribution in [2.75, 3.05) is 5.75 Å². The van der Waals surface area contributed by atoms with Crippen molar-refractivity contribution in [2.24, 2.45) is 5.73 Å². The summed E-state index contributed by atoms with van der Waals surface area (Å²) in [7, 11) is 0. The molecule has 0 radical (unpaired) electrons.